The first kappa shape index (κ1) is 17.1. The lowest BCUT2D eigenvalue weighted by atomic mass is 9.72. The van der Waals surface area contributed by atoms with Crippen LogP contribution in [0.25, 0.3) is 0 Å². The minimum atomic E-state index is 0.225. The number of thioether (sulfide) groups is 1. The van der Waals surface area contributed by atoms with Gasteiger partial charge in [-0.2, -0.15) is 11.8 Å². The number of piperidine rings is 2. The fraction of sp³-hybridized carbons (Fsp3) is 0.882. The fourth-order valence-corrected chi connectivity index (χ4v) is 4.59. The second kappa shape index (κ2) is 7.43. The predicted molar refractivity (Wildman–Crippen MR) is 91.4 cm³/mol. The quantitative estimate of drug-likeness (QED) is 0.782. The van der Waals surface area contributed by atoms with E-state index in [0.29, 0.717) is 12.2 Å². The molecule has 0 aromatic carbocycles. The van der Waals surface area contributed by atoms with E-state index in [9.17, 15) is 9.59 Å². The number of hydrogen-bond acceptors (Lipinski definition) is 4. The summed E-state index contributed by atoms with van der Waals surface area (Å²) in [6.07, 6.45) is 8.10. The number of rotatable bonds is 4. The van der Waals surface area contributed by atoms with Gasteiger partial charge in [0.2, 0.25) is 11.8 Å². The number of likely N-dealkylation sites (tertiary alicyclic amines) is 2. The summed E-state index contributed by atoms with van der Waals surface area (Å²) in [5.41, 5.74) is 0.225. The van der Waals surface area contributed by atoms with Crippen molar-refractivity contribution in [2.75, 3.05) is 44.8 Å². The van der Waals surface area contributed by atoms with Crippen LogP contribution < -0.4 is 0 Å². The normalized spacial score (nSPS) is 27.7. The van der Waals surface area contributed by atoms with E-state index in [-0.39, 0.29) is 23.3 Å². The van der Waals surface area contributed by atoms with Crippen molar-refractivity contribution in [3.63, 3.8) is 0 Å². The van der Waals surface area contributed by atoms with Gasteiger partial charge in [0.25, 0.3) is 0 Å². The smallest absolute Gasteiger partial charge is 0.232 e. The molecule has 3 fully saturated rings. The molecule has 0 aromatic heterocycles. The Morgan fingerprint density at radius 2 is 2.13 bits per heavy atom. The van der Waals surface area contributed by atoms with Crippen molar-refractivity contribution in [2.24, 2.45) is 5.41 Å². The van der Waals surface area contributed by atoms with E-state index in [1.807, 2.05) is 16.1 Å². The molecule has 3 aliphatic rings. The number of amides is 2. The predicted octanol–water partition coefficient (Wildman–Crippen LogP) is 1.76. The molecule has 23 heavy (non-hydrogen) atoms. The Labute approximate surface area is 143 Å². The van der Waals surface area contributed by atoms with Crippen LogP contribution in [0.15, 0.2) is 0 Å². The highest BCUT2D eigenvalue weighted by atomic mass is 32.2. The van der Waals surface area contributed by atoms with Crippen molar-refractivity contribution in [1.82, 2.24) is 9.80 Å². The maximum Gasteiger partial charge on any atom is 0.232 e. The van der Waals surface area contributed by atoms with Gasteiger partial charge >= 0.3 is 0 Å². The first-order valence-corrected chi connectivity index (χ1v) is 10.2. The standard InChI is InChI=1S/C17H28N2O3S/c1-23-12-16(21)18-8-6-17(7-9-18)5-4-15(20)19(13-17)11-14-3-2-10-22-14/h14H,2-13H2,1H3/t14-/m1/s1. The zero-order valence-electron chi connectivity index (χ0n) is 14.1. The summed E-state index contributed by atoms with van der Waals surface area (Å²) in [5.74, 6) is 1.12. The summed E-state index contributed by atoms with van der Waals surface area (Å²) < 4.78 is 5.71. The summed E-state index contributed by atoms with van der Waals surface area (Å²) in [6, 6.07) is 0. The van der Waals surface area contributed by atoms with Gasteiger partial charge in [-0.15, -0.1) is 0 Å². The molecule has 0 N–H and O–H groups in total. The molecule has 3 heterocycles. The van der Waals surface area contributed by atoms with Crippen LogP contribution in [0.4, 0.5) is 0 Å². The fourth-order valence-electron chi connectivity index (χ4n) is 4.16. The lowest BCUT2D eigenvalue weighted by Crippen LogP contribution is -2.53. The number of carbonyl (C=O) groups excluding carboxylic acids is 2. The van der Waals surface area contributed by atoms with Gasteiger partial charge in [-0.25, -0.2) is 0 Å². The van der Waals surface area contributed by atoms with Crippen LogP contribution in [-0.2, 0) is 14.3 Å². The van der Waals surface area contributed by atoms with E-state index < -0.39 is 0 Å². The Bertz CT molecular complexity index is 443. The van der Waals surface area contributed by atoms with Crippen molar-refractivity contribution < 1.29 is 14.3 Å². The lowest BCUT2D eigenvalue weighted by molar-refractivity contribution is -0.143. The first-order valence-electron chi connectivity index (χ1n) is 8.78. The minimum absolute atomic E-state index is 0.225. The van der Waals surface area contributed by atoms with Crippen molar-refractivity contribution in [1.29, 1.82) is 0 Å². The van der Waals surface area contributed by atoms with E-state index in [1.165, 1.54) is 0 Å². The molecule has 0 aromatic rings. The van der Waals surface area contributed by atoms with Crippen LogP contribution in [0.3, 0.4) is 0 Å². The largest absolute Gasteiger partial charge is 0.376 e. The second-order valence-corrected chi connectivity index (χ2v) is 8.09. The first-order chi connectivity index (χ1) is 11.1. The zero-order valence-corrected chi connectivity index (χ0v) is 14.9. The Morgan fingerprint density at radius 1 is 1.35 bits per heavy atom. The zero-order chi connectivity index (χ0) is 16.3. The van der Waals surface area contributed by atoms with Gasteiger partial charge in [0, 0.05) is 39.2 Å². The molecule has 1 atom stereocenters. The molecular formula is C17H28N2O3S. The molecule has 0 bridgehead atoms. The van der Waals surface area contributed by atoms with Crippen LogP contribution in [0.5, 0.6) is 0 Å². The van der Waals surface area contributed by atoms with Crippen molar-refractivity contribution in [3.05, 3.63) is 0 Å². The molecule has 6 heteroatoms. The van der Waals surface area contributed by atoms with Crippen molar-refractivity contribution in [2.45, 2.75) is 44.6 Å². The molecular weight excluding hydrogens is 312 g/mol. The van der Waals surface area contributed by atoms with E-state index >= 15 is 0 Å². The number of hydrogen-bond donors (Lipinski definition) is 0. The van der Waals surface area contributed by atoms with Gasteiger partial charge in [-0.3, -0.25) is 9.59 Å². The number of carbonyl (C=O) groups is 2. The van der Waals surface area contributed by atoms with E-state index in [4.69, 9.17) is 4.74 Å². The Balaban J connectivity index is 1.55. The average molecular weight is 340 g/mol. The van der Waals surface area contributed by atoms with Crippen molar-refractivity contribution >= 4 is 23.6 Å². The molecule has 0 radical (unpaired) electrons. The summed E-state index contributed by atoms with van der Waals surface area (Å²) in [4.78, 5) is 28.4. The van der Waals surface area contributed by atoms with Crippen LogP contribution in [0.2, 0.25) is 0 Å². The van der Waals surface area contributed by atoms with Crippen LogP contribution in [-0.4, -0.2) is 72.5 Å². The van der Waals surface area contributed by atoms with Gasteiger partial charge in [-0.1, -0.05) is 0 Å². The van der Waals surface area contributed by atoms with E-state index in [1.54, 1.807) is 11.8 Å². The molecule has 5 nitrogen and oxygen atoms in total. The molecule has 0 saturated carbocycles. The monoisotopic (exact) mass is 340 g/mol. The van der Waals surface area contributed by atoms with Crippen molar-refractivity contribution in [3.8, 4) is 0 Å². The van der Waals surface area contributed by atoms with Gasteiger partial charge in [0.15, 0.2) is 0 Å². The lowest BCUT2D eigenvalue weighted by Gasteiger charge is -2.47. The Morgan fingerprint density at radius 3 is 2.78 bits per heavy atom. The molecule has 0 aliphatic carbocycles. The molecule has 2 amide bonds. The molecule has 3 aliphatic heterocycles. The minimum Gasteiger partial charge on any atom is -0.376 e. The second-order valence-electron chi connectivity index (χ2n) is 7.22. The molecule has 3 rings (SSSR count). The maximum atomic E-state index is 12.3. The third kappa shape index (κ3) is 4.02. The third-order valence-electron chi connectivity index (χ3n) is 5.64. The average Bonchev–Trinajstić information content (AvgIpc) is 3.05. The number of nitrogens with zero attached hydrogens (tertiary/aromatic N) is 2. The Kier molecular flexibility index (Phi) is 5.52. The van der Waals surface area contributed by atoms with E-state index in [0.717, 1.165) is 64.9 Å². The third-order valence-corrected chi connectivity index (χ3v) is 6.18. The van der Waals surface area contributed by atoms with Gasteiger partial charge in [0.05, 0.1) is 11.9 Å². The number of ether oxygens (including phenoxy) is 1. The topological polar surface area (TPSA) is 49.9 Å². The summed E-state index contributed by atoms with van der Waals surface area (Å²) >= 11 is 1.59. The van der Waals surface area contributed by atoms with Crippen LogP contribution in [0, 0.1) is 5.41 Å². The molecule has 1 spiro atoms. The maximum absolute atomic E-state index is 12.3. The molecule has 0 unspecified atom stereocenters. The highest BCUT2D eigenvalue weighted by molar-refractivity contribution is 7.99. The summed E-state index contributed by atoms with van der Waals surface area (Å²) in [5, 5.41) is 0. The van der Waals surface area contributed by atoms with Crippen LogP contribution in [0.1, 0.15) is 38.5 Å². The van der Waals surface area contributed by atoms with Crippen LogP contribution >= 0.6 is 11.8 Å². The van der Waals surface area contributed by atoms with Gasteiger partial charge in [0.1, 0.15) is 0 Å². The summed E-state index contributed by atoms with van der Waals surface area (Å²) in [6.45, 7) is 4.15. The highest BCUT2D eigenvalue weighted by Gasteiger charge is 2.42. The highest BCUT2D eigenvalue weighted by Crippen LogP contribution is 2.40. The SMILES string of the molecule is CSCC(=O)N1CCC2(CCC(=O)N(C[C@H]3CCCO3)C2)CC1. The summed E-state index contributed by atoms with van der Waals surface area (Å²) in [7, 11) is 0. The van der Waals surface area contributed by atoms with E-state index in [2.05, 4.69) is 0 Å². The van der Waals surface area contributed by atoms with Gasteiger partial charge < -0.3 is 14.5 Å². The molecule has 130 valence electrons. The molecule has 3 saturated heterocycles. The Hall–Kier alpha value is -0.750. The van der Waals surface area contributed by atoms with Gasteiger partial charge in [-0.05, 0) is 43.8 Å².